The van der Waals surface area contributed by atoms with Crippen LogP contribution in [0.5, 0.6) is 11.5 Å². The van der Waals surface area contributed by atoms with Crippen molar-refractivity contribution in [3.63, 3.8) is 0 Å². The van der Waals surface area contributed by atoms with Crippen LogP contribution in [0.1, 0.15) is 20.7 Å². The van der Waals surface area contributed by atoms with Crippen LogP contribution in [-0.4, -0.2) is 56.6 Å². The standard InChI is InChI=1S/C20H19ClN2O6/c1-23(2)19(25)12-3-5-14(6-4-12)22-17(24)11-29-20(26)13-9-15(21)18-16(10-13)27-7-8-28-18/h3-6,9-10H,7-8,11H2,1-2H3,(H,22,24). The van der Waals surface area contributed by atoms with Crippen LogP contribution < -0.4 is 14.8 Å². The van der Waals surface area contributed by atoms with Crippen LogP contribution in [-0.2, 0) is 9.53 Å². The van der Waals surface area contributed by atoms with E-state index in [1.54, 1.807) is 38.4 Å². The molecule has 2 amide bonds. The molecule has 0 bridgehead atoms. The Balaban J connectivity index is 1.56. The summed E-state index contributed by atoms with van der Waals surface area (Å²) in [5, 5.41) is 2.82. The van der Waals surface area contributed by atoms with Crippen molar-refractivity contribution < 1.29 is 28.6 Å². The highest BCUT2D eigenvalue weighted by atomic mass is 35.5. The van der Waals surface area contributed by atoms with Gasteiger partial charge in [-0.25, -0.2) is 4.79 Å². The fourth-order valence-electron chi connectivity index (χ4n) is 2.59. The Bertz CT molecular complexity index is 943. The number of hydrogen-bond donors (Lipinski definition) is 1. The summed E-state index contributed by atoms with van der Waals surface area (Å²) in [6.07, 6.45) is 0. The molecule has 0 spiro atoms. The first-order valence-corrected chi connectivity index (χ1v) is 9.11. The molecule has 9 heteroatoms. The molecule has 0 aliphatic carbocycles. The quantitative estimate of drug-likeness (QED) is 0.750. The van der Waals surface area contributed by atoms with Gasteiger partial charge in [0.1, 0.15) is 13.2 Å². The van der Waals surface area contributed by atoms with Gasteiger partial charge in [-0.05, 0) is 36.4 Å². The molecule has 2 aromatic rings. The van der Waals surface area contributed by atoms with Gasteiger partial charge < -0.3 is 24.4 Å². The Kier molecular flexibility index (Phi) is 6.23. The number of nitrogens with one attached hydrogen (secondary N) is 1. The van der Waals surface area contributed by atoms with E-state index in [9.17, 15) is 14.4 Å². The lowest BCUT2D eigenvalue weighted by molar-refractivity contribution is -0.119. The van der Waals surface area contributed by atoms with Gasteiger partial charge in [-0.1, -0.05) is 11.6 Å². The predicted octanol–water partition coefficient (Wildman–Crippen LogP) is 2.61. The van der Waals surface area contributed by atoms with Gasteiger partial charge in [-0.15, -0.1) is 0 Å². The van der Waals surface area contributed by atoms with Crippen LogP contribution in [0.25, 0.3) is 0 Å². The first kappa shape index (κ1) is 20.5. The molecule has 8 nitrogen and oxygen atoms in total. The summed E-state index contributed by atoms with van der Waals surface area (Å²) in [5.41, 5.74) is 1.12. The van der Waals surface area contributed by atoms with Crippen LogP contribution in [0.4, 0.5) is 5.69 Å². The molecule has 0 radical (unpaired) electrons. The van der Waals surface area contributed by atoms with Crippen molar-refractivity contribution in [2.75, 3.05) is 39.2 Å². The minimum atomic E-state index is -0.717. The molecule has 1 heterocycles. The molecule has 1 aliphatic heterocycles. The SMILES string of the molecule is CN(C)C(=O)c1ccc(NC(=O)COC(=O)c2cc(Cl)c3c(c2)OCCO3)cc1. The van der Waals surface area contributed by atoms with Crippen LogP contribution in [0.3, 0.4) is 0 Å². The zero-order valence-corrected chi connectivity index (χ0v) is 16.6. The summed E-state index contributed by atoms with van der Waals surface area (Å²) in [7, 11) is 3.31. The van der Waals surface area contributed by atoms with Crippen molar-refractivity contribution in [2.24, 2.45) is 0 Å². The Morgan fingerprint density at radius 3 is 2.45 bits per heavy atom. The number of ether oxygens (including phenoxy) is 3. The van der Waals surface area contributed by atoms with Gasteiger partial charge >= 0.3 is 5.97 Å². The highest BCUT2D eigenvalue weighted by Crippen LogP contribution is 2.38. The lowest BCUT2D eigenvalue weighted by Gasteiger charge is -2.19. The number of esters is 1. The van der Waals surface area contributed by atoms with Crippen molar-refractivity contribution in [2.45, 2.75) is 0 Å². The minimum Gasteiger partial charge on any atom is -0.486 e. The molecule has 2 aromatic carbocycles. The monoisotopic (exact) mass is 418 g/mol. The zero-order chi connectivity index (χ0) is 21.0. The van der Waals surface area contributed by atoms with Crippen molar-refractivity contribution in [1.29, 1.82) is 0 Å². The summed E-state index contributed by atoms with van der Waals surface area (Å²) < 4.78 is 15.8. The van der Waals surface area contributed by atoms with E-state index in [-0.39, 0.29) is 16.5 Å². The summed E-state index contributed by atoms with van der Waals surface area (Å²) in [6.45, 7) is 0.243. The second-order valence-corrected chi connectivity index (χ2v) is 6.79. The Morgan fingerprint density at radius 2 is 1.76 bits per heavy atom. The average molecular weight is 419 g/mol. The lowest BCUT2D eigenvalue weighted by atomic mass is 10.2. The smallest absolute Gasteiger partial charge is 0.338 e. The molecule has 0 unspecified atom stereocenters. The first-order valence-electron chi connectivity index (χ1n) is 8.73. The number of anilines is 1. The molecule has 29 heavy (non-hydrogen) atoms. The molecule has 0 saturated carbocycles. The molecule has 3 rings (SSSR count). The number of fused-ring (bicyclic) bond motifs is 1. The van der Waals surface area contributed by atoms with E-state index >= 15 is 0 Å². The fraction of sp³-hybridized carbons (Fsp3) is 0.250. The van der Waals surface area contributed by atoms with Gasteiger partial charge in [0.05, 0.1) is 10.6 Å². The molecule has 1 aliphatic rings. The van der Waals surface area contributed by atoms with E-state index in [1.165, 1.54) is 17.0 Å². The molecule has 0 aromatic heterocycles. The lowest BCUT2D eigenvalue weighted by Crippen LogP contribution is -2.22. The van der Waals surface area contributed by atoms with E-state index < -0.39 is 18.5 Å². The molecule has 152 valence electrons. The first-order chi connectivity index (χ1) is 13.8. The number of benzene rings is 2. The maximum absolute atomic E-state index is 12.2. The Hall–Kier alpha value is -3.26. The number of rotatable bonds is 5. The Morgan fingerprint density at radius 1 is 1.07 bits per heavy atom. The van der Waals surface area contributed by atoms with Gasteiger partial charge in [-0.3, -0.25) is 9.59 Å². The maximum Gasteiger partial charge on any atom is 0.338 e. The van der Waals surface area contributed by atoms with Crippen LogP contribution in [0.15, 0.2) is 36.4 Å². The van der Waals surface area contributed by atoms with Crippen molar-refractivity contribution in [3.05, 3.63) is 52.5 Å². The second-order valence-electron chi connectivity index (χ2n) is 6.38. The normalized spacial score (nSPS) is 12.1. The predicted molar refractivity (Wildman–Crippen MR) is 106 cm³/mol. The molecule has 0 saturated heterocycles. The number of carbonyl (C=O) groups is 3. The third kappa shape index (κ3) is 4.97. The third-order valence-electron chi connectivity index (χ3n) is 3.99. The third-order valence-corrected chi connectivity index (χ3v) is 4.27. The number of nitrogens with zero attached hydrogens (tertiary/aromatic N) is 1. The van der Waals surface area contributed by atoms with Gasteiger partial charge in [0.2, 0.25) is 0 Å². The summed E-state index contributed by atoms with van der Waals surface area (Å²) in [4.78, 5) is 37.6. The number of hydrogen-bond acceptors (Lipinski definition) is 6. The largest absolute Gasteiger partial charge is 0.486 e. The van der Waals surface area contributed by atoms with E-state index in [2.05, 4.69) is 5.32 Å². The average Bonchev–Trinajstić information content (AvgIpc) is 2.72. The molecular weight excluding hydrogens is 400 g/mol. The second kappa shape index (κ2) is 8.83. The highest BCUT2D eigenvalue weighted by molar-refractivity contribution is 6.32. The maximum atomic E-state index is 12.2. The molecular formula is C20H19ClN2O6. The van der Waals surface area contributed by atoms with Crippen LogP contribution in [0, 0.1) is 0 Å². The number of halogens is 1. The highest BCUT2D eigenvalue weighted by Gasteiger charge is 2.20. The van der Waals surface area contributed by atoms with Gasteiger partial charge in [0.15, 0.2) is 18.1 Å². The van der Waals surface area contributed by atoms with E-state index in [0.717, 1.165) is 0 Å². The summed E-state index contributed by atoms with van der Waals surface area (Å²) in [6, 6.07) is 9.24. The Labute approximate surface area is 172 Å². The van der Waals surface area contributed by atoms with Gasteiger partial charge in [-0.2, -0.15) is 0 Å². The van der Waals surface area contributed by atoms with Gasteiger partial charge in [0, 0.05) is 25.3 Å². The van der Waals surface area contributed by atoms with Crippen molar-refractivity contribution in [3.8, 4) is 11.5 Å². The van der Waals surface area contributed by atoms with E-state index in [1.807, 2.05) is 0 Å². The van der Waals surface area contributed by atoms with E-state index in [4.69, 9.17) is 25.8 Å². The topological polar surface area (TPSA) is 94.2 Å². The van der Waals surface area contributed by atoms with Gasteiger partial charge in [0.25, 0.3) is 11.8 Å². The van der Waals surface area contributed by atoms with Crippen LogP contribution in [0.2, 0.25) is 5.02 Å². The summed E-state index contributed by atoms with van der Waals surface area (Å²) >= 11 is 6.10. The van der Waals surface area contributed by atoms with Crippen molar-refractivity contribution in [1.82, 2.24) is 4.90 Å². The summed E-state index contributed by atoms with van der Waals surface area (Å²) in [5.74, 6) is -0.648. The van der Waals surface area contributed by atoms with E-state index in [0.29, 0.717) is 36.0 Å². The van der Waals surface area contributed by atoms with Crippen LogP contribution >= 0.6 is 11.6 Å². The number of carbonyl (C=O) groups excluding carboxylic acids is 3. The van der Waals surface area contributed by atoms with Crippen molar-refractivity contribution >= 4 is 35.1 Å². The minimum absolute atomic E-state index is 0.144. The molecule has 0 atom stereocenters. The number of amides is 2. The fourth-order valence-corrected chi connectivity index (χ4v) is 2.86. The zero-order valence-electron chi connectivity index (χ0n) is 15.9. The molecule has 1 N–H and O–H groups in total. The molecule has 0 fully saturated rings.